The van der Waals surface area contributed by atoms with Gasteiger partial charge in [0.05, 0.1) is 13.2 Å². The highest BCUT2D eigenvalue weighted by Gasteiger charge is 1.99. The second-order valence-corrected chi connectivity index (χ2v) is 2.29. The highest BCUT2D eigenvalue weighted by molar-refractivity contribution is 4.95. The van der Waals surface area contributed by atoms with Gasteiger partial charge in [0.15, 0.2) is 0 Å². The average molecular weight is 123 g/mol. The van der Waals surface area contributed by atoms with Crippen LogP contribution in [0.5, 0.6) is 0 Å². The molecule has 0 aliphatic carbocycles. The van der Waals surface area contributed by atoms with Crippen LogP contribution in [0.4, 0.5) is 0 Å². The Bertz CT molecular complexity index is 218. The first-order chi connectivity index (χ1) is 4.20. The van der Waals surface area contributed by atoms with E-state index >= 15 is 0 Å². The quantitative estimate of drug-likeness (QED) is 0.460. The molecule has 0 amide bonds. The van der Waals surface area contributed by atoms with Gasteiger partial charge in [0.1, 0.15) is 6.20 Å². The molecular formula is C7H11N2+. The van der Waals surface area contributed by atoms with Crippen LogP contribution in [-0.4, -0.2) is 4.98 Å². The molecule has 2 nitrogen and oxygen atoms in total. The van der Waals surface area contributed by atoms with Crippen molar-refractivity contribution in [2.45, 2.75) is 13.8 Å². The smallest absolute Gasteiger partial charge is 0.237 e. The van der Waals surface area contributed by atoms with Gasteiger partial charge >= 0.3 is 0 Å². The lowest BCUT2D eigenvalue weighted by Crippen LogP contribution is -2.32. The van der Waals surface area contributed by atoms with Crippen LogP contribution >= 0.6 is 0 Å². The van der Waals surface area contributed by atoms with Crippen molar-refractivity contribution in [1.29, 1.82) is 0 Å². The Labute approximate surface area is 55.2 Å². The molecule has 0 aromatic carbocycles. The third kappa shape index (κ3) is 1.25. The summed E-state index contributed by atoms with van der Waals surface area (Å²) in [5.74, 6) is 1.04. The Morgan fingerprint density at radius 3 is 2.56 bits per heavy atom. The van der Waals surface area contributed by atoms with Crippen molar-refractivity contribution in [2.24, 2.45) is 7.05 Å². The van der Waals surface area contributed by atoms with Crippen molar-refractivity contribution in [1.82, 2.24) is 4.98 Å². The number of rotatable bonds is 0. The van der Waals surface area contributed by atoms with E-state index in [4.69, 9.17) is 0 Å². The molecule has 0 spiro atoms. The molecule has 1 rings (SSSR count). The highest BCUT2D eigenvalue weighted by Crippen LogP contribution is 1.87. The summed E-state index contributed by atoms with van der Waals surface area (Å²) < 4.78 is 2.01. The van der Waals surface area contributed by atoms with Crippen LogP contribution in [0.15, 0.2) is 12.4 Å². The summed E-state index contributed by atoms with van der Waals surface area (Å²) in [6.07, 6.45) is 3.93. The summed E-state index contributed by atoms with van der Waals surface area (Å²) in [6, 6.07) is 0. The van der Waals surface area contributed by atoms with Gasteiger partial charge in [-0.2, -0.15) is 0 Å². The number of hydrogen-bond donors (Lipinski definition) is 0. The summed E-state index contributed by atoms with van der Waals surface area (Å²) in [7, 11) is 2.00. The summed E-state index contributed by atoms with van der Waals surface area (Å²) in [4.78, 5) is 4.14. The third-order valence-corrected chi connectivity index (χ3v) is 1.36. The average Bonchev–Trinajstić information content (AvgIpc) is 1.80. The lowest BCUT2D eigenvalue weighted by atomic mass is 10.4. The molecule has 0 N–H and O–H groups in total. The molecule has 0 fully saturated rings. The topological polar surface area (TPSA) is 16.8 Å². The van der Waals surface area contributed by atoms with Crippen molar-refractivity contribution in [3.8, 4) is 0 Å². The van der Waals surface area contributed by atoms with Gasteiger partial charge in [0, 0.05) is 12.5 Å². The van der Waals surface area contributed by atoms with Crippen LogP contribution in [0.25, 0.3) is 0 Å². The Kier molecular flexibility index (Phi) is 1.47. The predicted octanol–water partition coefficient (Wildman–Crippen LogP) is 0.523. The Balaban J connectivity index is 3.17. The molecule has 1 aromatic rings. The van der Waals surface area contributed by atoms with E-state index in [1.165, 1.54) is 5.56 Å². The zero-order valence-corrected chi connectivity index (χ0v) is 6.05. The van der Waals surface area contributed by atoms with Crippen molar-refractivity contribution in [2.75, 3.05) is 0 Å². The van der Waals surface area contributed by atoms with Crippen LogP contribution in [-0.2, 0) is 7.05 Å². The summed E-state index contributed by atoms with van der Waals surface area (Å²) >= 11 is 0. The van der Waals surface area contributed by atoms with E-state index in [0.29, 0.717) is 0 Å². The van der Waals surface area contributed by atoms with Crippen molar-refractivity contribution in [3.05, 3.63) is 23.8 Å². The molecule has 0 bridgehead atoms. The summed E-state index contributed by atoms with van der Waals surface area (Å²) in [5.41, 5.74) is 1.20. The first-order valence-electron chi connectivity index (χ1n) is 2.99. The molecule has 0 saturated carbocycles. The van der Waals surface area contributed by atoms with Crippen LogP contribution in [0.3, 0.4) is 0 Å². The first-order valence-corrected chi connectivity index (χ1v) is 2.99. The lowest BCUT2D eigenvalue weighted by Gasteiger charge is -1.91. The second kappa shape index (κ2) is 2.13. The van der Waals surface area contributed by atoms with Crippen LogP contribution < -0.4 is 4.57 Å². The van der Waals surface area contributed by atoms with Gasteiger partial charge in [-0.05, 0) is 6.92 Å². The fraction of sp³-hybridized carbons (Fsp3) is 0.429. The van der Waals surface area contributed by atoms with Gasteiger partial charge in [0.2, 0.25) is 0 Å². The maximum Gasteiger partial charge on any atom is 0.294 e. The molecular weight excluding hydrogens is 112 g/mol. The fourth-order valence-corrected chi connectivity index (χ4v) is 0.719. The van der Waals surface area contributed by atoms with Crippen LogP contribution in [0, 0.1) is 13.8 Å². The van der Waals surface area contributed by atoms with Gasteiger partial charge in [0.25, 0.3) is 5.82 Å². The van der Waals surface area contributed by atoms with Gasteiger partial charge < -0.3 is 0 Å². The zero-order valence-electron chi connectivity index (χ0n) is 6.05. The zero-order chi connectivity index (χ0) is 6.85. The SMILES string of the molecule is Cc1cnc(C)[n+](C)c1. The standard InChI is InChI=1S/C7H11N2/c1-6-4-8-7(2)9(3)5-6/h4-5H,1-3H3/q+1. The van der Waals surface area contributed by atoms with Gasteiger partial charge in [-0.3, -0.25) is 0 Å². The number of hydrogen-bond acceptors (Lipinski definition) is 1. The second-order valence-electron chi connectivity index (χ2n) is 2.29. The first kappa shape index (κ1) is 6.20. The molecule has 48 valence electrons. The van der Waals surface area contributed by atoms with E-state index in [1.54, 1.807) is 0 Å². The van der Waals surface area contributed by atoms with E-state index in [9.17, 15) is 0 Å². The van der Waals surface area contributed by atoms with Gasteiger partial charge in [-0.25, -0.2) is 4.57 Å². The minimum atomic E-state index is 1.04. The molecule has 0 atom stereocenters. The molecule has 9 heavy (non-hydrogen) atoms. The molecule has 0 saturated heterocycles. The van der Waals surface area contributed by atoms with E-state index < -0.39 is 0 Å². The van der Waals surface area contributed by atoms with Crippen LogP contribution in [0.2, 0.25) is 0 Å². The molecule has 1 aromatic heterocycles. The third-order valence-electron chi connectivity index (χ3n) is 1.36. The normalized spacial score (nSPS) is 9.67. The minimum absolute atomic E-state index is 1.04. The fourth-order valence-electron chi connectivity index (χ4n) is 0.719. The van der Waals surface area contributed by atoms with Crippen LogP contribution in [0.1, 0.15) is 11.4 Å². The summed E-state index contributed by atoms with van der Waals surface area (Å²) in [6.45, 7) is 4.02. The van der Waals surface area contributed by atoms with E-state index in [0.717, 1.165) is 5.82 Å². The number of nitrogens with zero attached hydrogens (tertiary/aromatic N) is 2. The van der Waals surface area contributed by atoms with E-state index in [1.807, 2.05) is 31.7 Å². The molecule has 2 heteroatoms. The minimum Gasteiger partial charge on any atom is -0.237 e. The Hall–Kier alpha value is -0.920. The molecule has 0 radical (unpaired) electrons. The molecule has 0 unspecified atom stereocenters. The van der Waals surface area contributed by atoms with Gasteiger partial charge in [-0.1, -0.05) is 4.98 Å². The molecule has 1 heterocycles. The molecule has 0 aliphatic rings. The maximum absolute atomic E-state index is 4.14. The maximum atomic E-state index is 4.14. The number of aryl methyl sites for hydroxylation is 3. The molecule has 0 aliphatic heterocycles. The van der Waals surface area contributed by atoms with Crippen molar-refractivity contribution in [3.63, 3.8) is 0 Å². The van der Waals surface area contributed by atoms with Crippen molar-refractivity contribution >= 4 is 0 Å². The van der Waals surface area contributed by atoms with Gasteiger partial charge in [-0.15, -0.1) is 0 Å². The summed E-state index contributed by atoms with van der Waals surface area (Å²) in [5, 5.41) is 0. The monoisotopic (exact) mass is 123 g/mol. The predicted molar refractivity (Wildman–Crippen MR) is 34.9 cm³/mol. The highest BCUT2D eigenvalue weighted by atomic mass is 15.0. The number of aromatic nitrogens is 2. The largest absolute Gasteiger partial charge is 0.294 e. The van der Waals surface area contributed by atoms with Crippen molar-refractivity contribution < 1.29 is 4.57 Å². The van der Waals surface area contributed by atoms with E-state index in [2.05, 4.69) is 11.2 Å². The van der Waals surface area contributed by atoms with E-state index in [-0.39, 0.29) is 0 Å². The Morgan fingerprint density at radius 1 is 1.44 bits per heavy atom. The lowest BCUT2D eigenvalue weighted by molar-refractivity contribution is -0.681. The Morgan fingerprint density at radius 2 is 2.11 bits per heavy atom.